The van der Waals surface area contributed by atoms with Crippen LogP contribution in [0.2, 0.25) is 0 Å². The van der Waals surface area contributed by atoms with Crippen LogP contribution < -0.4 is 5.43 Å². The van der Waals surface area contributed by atoms with Crippen molar-refractivity contribution in [2.24, 2.45) is 0 Å². The van der Waals surface area contributed by atoms with Gasteiger partial charge in [0.2, 0.25) is 0 Å². The van der Waals surface area contributed by atoms with E-state index in [0.717, 1.165) is 18.5 Å². The Morgan fingerprint density at radius 1 is 1.46 bits per heavy atom. The van der Waals surface area contributed by atoms with Crippen molar-refractivity contribution in [3.05, 3.63) is 35.1 Å². The molecular weight excluding hydrogens is 160 g/mol. The van der Waals surface area contributed by atoms with Gasteiger partial charge >= 0.3 is 0 Å². The Balaban J connectivity index is 2.08. The maximum absolute atomic E-state index is 5.32. The SMILES string of the molecule is C#CC1=CC=C(C2=CN(C)NC2)C1. The van der Waals surface area contributed by atoms with Gasteiger partial charge < -0.3 is 5.01 Å². The first kappa shape index (κ1) is 8.15. The Morgan fingerprint density at radius 3 is 2.85 bits per heavy atom. The predicted molar refractivity (Wildman–Crippen MR) is 53.5 cm³/mol. The molecule has 2 rings (SSSR count). The lowest BCUT2D eigenvalue weighted by Gasteiger charge is -2.04. The van der Waals surface area contributed by atoms with Gasteiger partial charge in [-0.2, -0.15) is 0 Å². The Hall–Kier alpha value is -1.46. The second kappa shape index (κ2) is 3.12. The number of hydrazine groups is 1. The van der Waals surface area contributed by atoms with Gasteiger partial charge in [-0.1, -0.05) is 18.1 Å². The minimum atomic E-state index is 0.911. The molecule has 1 N–H and O–H groups in total. The Kier molecular flexibility index (Phi) is 1.96. The number of rotatable bonds is 1. The fraction of sp³-hybridized carbons (Fsp3) is 0.273. The first-order valence-electron chi connectivity index (χ1n) is 4.33. The molecule has 66 valence electrons. The van der Waals surface area contributed by atoms with Crippen molar-refractivity contribution in [3.63, 3.8) is 0 Å². The highest BCUT2D eigenvalue weighted by atomic mass is 15.5. The van der Waals surface area contributed by atoms with Crippen LogP contribution in [0.25, 0.3) is 0 Å². The molecular formula is C11H12N2. The topological polar surface area (TPSA) is 15.3 Å². The van der Waals surface area contributed by atoms with Crippen LogP contribution in [0.5, 0.6) is 0 Å². The van der Waals surface area contributed by atoms with Crippen molar-refractivity contribution in [2.75, 3.05) is 13.6 Å². The molecule has 0 saturated carbocycles. The molecule has 0 spiro atoms. The summed E-state index contributed by atoms with van der Waals surface area (Å²) in [4.78, 5) is 0. The molecule has 2 nitrogen and oxygen atoms in total. The van der Waals surface area contributed by atoms with Crippen LogP contribution in [-0.4, -0.2) is 18.6 Å². The molecule has 0 amide bonds. The fourth-order valence-corrected chi connectivity index (χ4v) is 1.58. The van der Waals surface area contributed by atoms with Crippen molar-refractivity contribution in [1.82, 2.24) is 10.4 Å². The molecule has 0 unspecified atom stereocenters. The molecule has 2 aliphatic rings. The molecule has 0 aromatic heterocycles. The third kappa shape index (κ3) is 1.51. The van der Waals surface area contributed by atoms with Gasteiger partial charge in [-0.05, 0) is 11.1 Å². The Labute approximate surface area is 78.6 Å². The van der Waals surface area contributed by atoms with Gasteiger partial charge in [0.15, 0.2) is 0 Å². The third-order valence-corrected chi connectivity index (χ3v) is 2.33. The van der Waals surface area contributed by atoms with Crippen LogP contribution in [-0.2, 0) is 0 Å². The maximum atomic E-state index is 5.32. The average Bonchev–Trinajstić information content (AvgIpc) is 2.71. The number of nitrogens with zero attached hydrogens (tertiary/aromatic N) is 1. The molecule has 0 saturated heterocycles. The van der Waals surface area contributed by atoms with E-state index in [1.54, 1.807) is 0 Å². The highest BCUT2D eigenvalue weighted by molar-refractivity contribution is 5.49. The predicted octanol–water partition coefficient (Wildman–Crippen LogP) is 1.21. The molecule has 0 aromatic carbocycles. The van der Waals surface area contributed by atoms with Gasteiger partial charge in [-0.25, -0.2) is 5.43 Å². The smallest absolute Gasteiger partial charge is 0.0418 e. The number of nitrogens with one attached hydrogen (secondary N) is 1. The summed E-state index contributed by atoms with van der Waals surface area (Å²) < 4.78 is 0. The summed E-state index contributed by atoms with van der Waals surface area (Å²) in [6.07, 6.45) is 12.5. The molecule has 13 heavy (non-hydrogen) atoms. The molecule has 0 aromatic rings. The van der Waals surface area contributed by atoms with Crippen LogP contribution in [0.15, 0.2) is 35.1 Å². The fourth-order valence-electron chi connectivity index (χ4n) is 1.58. The van der Waals surface area contributed by atoms with Crippen LogP contribution in [0.1, 0.15) is 6.42 Å². The minimum absolute atomic E-state index is 0.911. The van der Waals surface area contributed by atoms with E-state index < -0.39 is 0 Å². The molecule has 0 bridgehead atoms. The van der Waals surface area contributed by atoms with E-state index in [1.807, 2.05) is 18.1 Å². The van der Waals surface area contributed by atoms with E-state index in [-0.39, 0.29) is 0 Å². The highest BCUT2D eigenvalue weighted by Gasteiger charge is 2.15. The van der Waals surface area contributed by atoms with Gasteiger partial charge in [0, 0.05) is 31.8 Å². The maximum Gasteiger partial charge on any atom is 0.0418 e. The lowest BCUT2D eigenvalue weighted by atomic mass is 10.1. The molecule has 1 heterocycles. The largest absolute Gasteiger partial charge is 0.318 e. The summed E-state index contributed by atoms with van der Waals surface area (Å²) in [6.45, 7) is 0.911. The van der Waals surface area contributed by atoms with Gasteiger partial charge in [-0.3, -0.25) is 0 Å². The van der Waals surface area contributed by atoms with E-state index in [2.05, 4.69) is 23.6 Å². The van der Waals surface area contributed by atoms with E-state index in [1.165, 1.54) is 11.1 Å². The summed E-state index contributed by atoms with van der Waals surface area (Å²) in [5.74, 6) is 2.68. The lowest BCUT2D eigenvalue weighted by Crippen LogP contribution is -2.23. The zero-order valence-electron chi connectivity index (χ0n) is 7.67. The zero-order chi connectivity index (χ0) is 9.26. The Morgan fingerprint density at radius 2 is 2.31 bits per heavy atom. The van der Waals surface area contributed by atoms with Gasteiger partial charge in [0.05, 0.1) is 0 Å². The standard InChI is InChI=1S/C11H12N2/c1-3-9-4-5-10(6-9)11-7-12-13(2)8-11/h1,4-5,8,12H,6-7H2,2H3. The molecule has 1 aliphatic carbocycles. The molecule has 2 heteroatoms. The summed E-state index contributed by atoms with van der Waals surface area (Å²) in [5, 5.41) is 1.98. The Bertz CT molecular complexity index is 353. The average molecular weight is 172 g/mol. The zero-order valence-corrected chi connectivity index (χ0v) is 7.67. The summed E-state index contributed by atoms with van der Waals surface area (Å²) >= 11 is 0. The first-order valence-corrected chi connectivity index (χ1v) is 4.33. The second-order valence-corrected chi connectivity index (χ2v) is 3.31. The summed E-state index contributed by atoms with van der Waals surface area (Å²) in [6, 6.07) is 0. The van der Waals surface area contributed by atoms with Crippen LogP contribution in [0.3, 0.4) is 0 Å². The molecule has 0 radical (unpaired) electrons. The van der Waals surface area contributed by atoms with Crippen molar-refractivity contribution in [2.45, 2.75) is 6.42 Å². The normalized spacial score (nSPS) is 20.9. The second-order valence-electron chi connectivity index (χ2n) is 3.31. The monoisotopic (exact) mass is 172 g/mol. The number of hydrogen-bond acceptors (Lipinski definition) is 2. The molecule has 0 atom stereocenters. The van der Waals surface area contributed by atoms with E-state index in [9.17, 15) is 0 Å². The van der Waals surface area contributed by atoms with Crippen molar-refractivity contribution in [1.29, 1.82) is 0 Å². The van der Waals surface area contributed by atoms with Gasteiger partial charge in [0.25, 0.3) is 0 Å². The van der Waals surface area contributed by atoms with E-state index in [4.69, 9.17) is 6.42 Å². The number of terminal acetylenes is 1. The first-order chi connectivity index (χ1) is 6.29. The number of allylic oxidation sites excluding steroid dienone is 3. The van der Waals surface area contributed by atoms with Gasteiger partial charge in [0.1, 0.15) is 0 Å². The molecule has 1 aliphatic heterocycles. The van der Waals surface area contributed by atoms with Gasteiger partial charge in [-0.15, -0.1) is 6.42 Å². The highest BCUT2D eigenvalue weighted by Crippen LogP contribution is 2.25. The summed E-state index contributed by atoms with van der Waals surface area (Å²) in [7, 11) is 2.00. The third-order valence-electron chi connectivity index (χ3n) is 2.33. The van der Waals surface area contributed by atoms with Crippen LogP contribution in [0, 0.1) is 12.3 Å². The van der Waals surface area contributed by atoms with Crippen molar-refractivity contribution < 1.29 is 0 Å². The van der Waals surface area contributed by atoms with Crippen LogP contribution in [0.4, 0.5) is 0 Å². The number of hydrogen-bond donors (Lipinski definition) is 1. The quantitative estimate of drug-likeness (QED) is 0.598. The van der Waals surface area contributed by atoms with Crippen molar-refractivity contribution >= 4 is 0 Å². The van der Waals surface area contributed by atoms with Crippen molar-refractivity contribution in [3.8, 4) is 12.3 Å². The lowest BCUT2D eigenvalue weighted by molar-refractivity contribution is 0.374. The van der Waals surface area contributed by atoms with E-state index >= 15 is 0 Å². The minimum Gasteiger partial charge on any atom is -0.318 e. The van der Waals surface area contributed by atoms with E-state index in [0.29, 0.717) is 0 Å². The molecule has 0 fully saturated rings. The van der Waals surface area contributed by atoms with Crippen LogP contribution >= 0.6 is 0 Å². The summed E-state index contributed by atoms with van der Waals surface area (Å²) in [5.41, 5.74) is 6.95.